The molecule has 2 N–H and O–H groups in total. The van der Waals surface area contributed by atoms with Crippen LogP contribution in [-0.4, -0.2) is 9.55 Å². The Morgan fingerprint density at radius 2 is 1.90 bits per heavy atom. The summed E-state index contributed by atoms with van der Waals surface area (Å²) < 4.78 is 2.23. The molecule has 108 valence electrons. The van der Waals surface area contributed by atoms with Gasteiger partial charge < -0.3 is 10.3 Å². The van der Waals surface area contributed by atoms with Gasteiger partial charge in [0.1, 0.15) is 5.82 Å². The quantitative estimate of drug-likeness (QED) is 0.689. The number of rotatable bonds is 2. The molecule has 0 saturated carbocycles. The minimum atomic E-state index is 0.309. The largest absolute Gasteiger partial charge is 0.398 e. The molecular weight excluding hydrogens is 282 g/mol. The van der Waals surface area contributed by atoms with E-state index in [-0.39, 0.29) is 0 Å². The van der Waals surface area contributed by atoms with Gasteiger partial charge in [-0.3, -0.25) is 0 Å². The Hall–Kier alpha value is -2.00. The Labute approximate surface area is 129 Å². The lowest BCUT2D eigenvalue weighted by atomic mass is 10.2. The molecule has 0 saturated heterocycles. The monoisotopic (exact) mass is 299 g/mol. The van der Waals surface area contributed by atoms with Crippen LogP contribution >= 0.6 is 11.6 Å². The molecule has 0 fully saturated rings. The first kappa shape index (κ1) is 14.0. The lowest BCUT2D eigenvalue weighted by molar-refractivity contribution is 0.624. The maximum Gasteiger partial charge on any atom is 0.141 e. The van der Waals surface area contributed by atoms with E-state index < -0.39 is 0 Å². The SMILES string of the molecule is Cc1ccc2c(c1)nc(-c1ccc(N)c(Cl)c1)n2C(C)C. The normalized spacial score (nSPS) is 11.5. The highest BCUT2D eigenvalue weighted by molar-refractivity contribution is 6.33. The summed E-state index contributed by atoms with van der Waals surface area (Å²) in [6.45, 7) is 6.39. The molecule has 0 bridgehead atoms. The minimum Gasteiger partial charge on any atom is -0.398 e. The van der Waals surface area contributed by atoms with Crippen molar-refractivity contribution in [3.05, 3.63) is 47.0 Å². The van der Waals surface area contributed by atoms with Gasteiger partial charge in [0.25, 0.3) is 0 Å². The van der Waals surface area contributed by atoms with Crippen LogP contribution < -0.4 is 5.73 Å². The molecule has 3 rings (SSSR count). The van der Waals surface area contributed by atoms with Crippen LogP contribution in [0.4, 0.5) is 5.69 Å². The van der Waals surface area contributed by atoms with Crippen LogP contribution in [0.2, 0.25) is 5.02 Å². The first-order valence-electron chi connectivity index (χ1n) is 7.01. The van der Waals surface area contributed by atoms with Gasteiger partial charge in [0.05, 0.1) is 21.7 Å². The third-order valence-electron chi connectivity index (χ3n) is 3.62. The van der Waals surface area contributed by atoms with Crippen molar-refractivity contribution in [2.24, 2.45) is 0 Å². The molecule has 0 aliphatic heterocycles. The van der Waals surface area contributed by atoms with Gasteiger partial charge in [-0.05, 0) is 56.7 Å². The number of halogens is 1. The van der Waals surface area contributed by atoms with E-state index in [1.54, 1.807) is 0 Å². The lowest BCUT2D eigenvalue weighted by Gasteiger charge is -2.13. The maximum absolute atomic E-state index is 6.16. The van der Waals surface area contributed by atoms with E-state index in [1.165, 1.54) is 5.56 Å². The molecule has 0 aliphatic carbocycles. The summed E-state index contributed by atoms with van der Waals surface area (Å²) in [5, 5.41) is 0.561. The van der Waals surface area contributed by atoms with E-state index in [0.29, 0.717) is 16.8 Å². The highest BCUT2D eigenvalue weighted by atomic mass is 35.5. The van der Waals surface area contributed by atoms with E-state index in [9.17, 15) is 0 Å². The molecule has 0 radical (unpaired) electrons. The topological polar surface area (TPSA) is 43.8 Å². The van der Waals surface area contributed by atoms with Crippen molar-refractivity contribution < 1.29 is 0 Å². The third-order valence-corrected chi connectivity index (χ3v) is 3.95. The average Bonchev–Trinajstić information content (AvgIpc) is 2.80. The van der Waals surface area contributed by atoms with Crippen LogP contribution in [0, 0.1) is 6.92 Å². The lowest BCUT2D eigenvalue weighted by Crippen LogP contribution is -2.03. The zero-order chi connectivity index (χ0) is 15.1. The number of hydrogen-bond acceptors (Lipinski definition) is 2. The van der Waals surface area contributed by atoms with Crippen molar-refractivity contribution in [2.45, 2.75) is 26.8 Å². The summed E-state index contributed by atoms with van der Waals surface area (Å²) in [5.74, 6) is 0.924. The van der Waals surface area contributed by atoms with Crippen LogP contribution in [0.3, 0.4) is 0 Å². The fourth-order valence-corrected chi connectivity index (χ4v) is 2.78. The van der Waals surface area contributed by atoms with E-state index in [0.717, 1.165) is 22.4 Å². The van der Waals surface area contributed by atoms with Crippen molar-refractivity contribution in [1.29, 1.82) is 0 Å². The Morgan fingerprint density at radius 3 is 2.57 bits per heavy atom. The van der Waals surface area contributed by atoms with Crippen molar-refractivity contribution >= 4 is 28.3 Å². The number of aryl methyl sites for hydroxylation is 1. The summed E-state index contributed by atoms with van der Waals surface area (Å²) in [4.78, 5) is 4.80. The molecule has 0 amide bonds. The van der Waals surface area contributed by atoms with Gasteiger partial charge in [0.2, 0.25) is 0 Å². The fourth-order valence-electron chi connectivity index (χ4n) is 2.60. The van der Waals surface area contributed by atoms with Crippen LogP contribution in [0.15, 0.2) is 36.4 Å². The Morgan fingerprint density at radius 1 is 1.14 bits per heavy atom. The molecule has 4 heteroatoms. The van der Waals surface area contributed by atoms with Crippen LogP contribution in [0.5, 0.6) is 0 Å². The molecule has 1 aromatic heterocycles. The van der Waals surface area contributed by atoms with Gasteiger partial charge in [0, 0.05) is 11.6 Å². The first-order chi connectivity index (χ1) is 9.97. The Bertz CT molecular complexity index is 818. The zero-order valence-electron chi connectivity index (χ0n) is 12.4. The van der Waals surface area contributed by atoms with Crippen LogP contribution in [0.25, 0.3) is 22.4 Å². The molecule has 0 aliphatic rings. The van der Waals surface area contributed by atoms with E-state index in [1.807, 2.05) is 18.2 Å². The number of aromatic nitrogens is 2. The fraction of sp³-hybridized carbons (Fsp3) is 0.235. The number of imidazole rings is 1. The second kappa shape index (κ2) is 5.08. The van der Waals surface area contributed by atoms with Gasteiger partial charge in [-0.2, -0.15) is 0 Å². The zero-order valence-corrected chi connectivity index (χ0v) is 13.1. The van der Waals surface area contributed by atoms with Crippen molar-refractivity contribution in [3.63, 3.8) is 0 Å². The van der Waals surface area contributed by atoms with E-state index in [4.69, 9.17) is 22.3 Å². The number of fused-ring (bicyclic) bond motifs is 1. The van der Waals surface area contributed by atoms with Gasteiger partial charge in [-0.25, -0.2) is 4.98 Å². The number of benzene rings is 2. The van der Waals surface area contributed by atoms with Crippen LogP contribution in [-0.2, 0) is 0 Å². The number of nitrogens with zero attached hydrogens (tertiary/aromatic N) is 2. The van der Waals surface area contributed by atoms with Gasteiger partial charge in [-0.1, -0.05) is 17.7 Å². The molecule has 0 unspecified atom stereocenters. The average molecular weight is 300 g/mol. The van der Waals surface area contributed by atoms with Gasteiger partial charge in [-0.15, -0.1) is 0 Å². The van der Waals surface area contributed by atoms with Gasteiger partial charge in [0.15, 0.2) is 0 Å². The number of nitrogens with two attached hydrogens (primary N) is 1. The number of anilines is 1. The second-order valence-corrected chi connectivity index (χ2v) is 6.03. The third kappa shape index (κ3) is 2.38. The molecular formula is C17H18ClN3. The summed E-state index contributed by atoms with van der Waals surface area (Å²) in [5.41, 5.74) is 10.7. The smallest absolute Gasteiger partial charge is 0.141 e. The van der Waals surface area contributed by atoms with Crippen molar-refractivity contribution in [2.75, 3.05) is 5.73 Å². The number of nitrogen functional groups attached to an aromatic ring is 1. The van der Waals surface area contributed by atoms with Gasteiger partial charge >= 0.3 is 0 Å². The van der Waals surface area contributed by atoms with E-state index >= 15 is 0 Å². The molecule has 1 heterocycles. The maximum atomic E-state index is 6.16. The molecule has 21 heavy (non-hydrogen) atoms. The minimum absolute atomic E-state index is 0.309. The summed E-state index contributed by atoms with van der Waals surface area (Å²) in [6, 6.07) is 12.3. The summed E-state index contributed by atoms with van der Waals surface area (Å²) in [7, 11) is 0. The molecule has 0 spiro atoms. The Kier molecular flexibility index (Phi) is 3.38. The second-order valence-electron chi connectivity index (χ2n) is 5.63. The Balaban J connectivity index is 2.30. The molecule has 3 aromatic rings. The number of hydrogen-bond donors (Lipinski definition) is 1. The van der Waals surface area contributed by atoms with Crippen LogP contribution in [0.1, 0.15) is 25.5 Å². The molecule has 2 aromatic carbocycles. The summed E-state index contributed by atoms with van der Waals surface area (Å²) in [6.07, 6.45) is 0. The highest BCUT2D eigenvalue weighted by Crippen LogP contribution is 2.31. The highest BCUT2D eigenvalue weighted by Gasteiger charge is 2.15. The predicted octanol–water partition coefficient (Wildman–Crippen LogP) is 4.83. The molecule has 0 atom stereocenters. The predicted molar refractivity (Wildman–Crippen MR) is 89.7 cm³/mol. The first-order valence-corrected chi connectivity index (χ1v) is 7.39. The van der Waals surface area contributed by atoms with E-state index in [2.05, 4.69) is 43.5 Å². The van der Waals surface area contributed by atoms with Crippen molar-refractivity contribution in [3.8, 4) is 11.4 Å². The standard InChI is InChI=1S/C17H18ClN3/c1-10(2)21-16-7-4-11(3)8-15(16)20-17(21)12-5-6-14(19)13(18)9-12/h4-10H,19H2,1-3H3. The molecule has 3 nitrogen and oxygen atoms in total. The van der Waals surface area contributed by atoms with Crippen molar-refractivity contribution in [1.82, 2.24) is 9.55 Å². The summed E-state index contributed by atoms with van der Waals surface area (Å²) >= 11 is 6.16.